The fourth-order valence-corrected chi connectivity index (χ4v) is 2.45. The monoisotopic (exact) mass is 253 g/mol. The molecule has 4 heteroatoms. The molecule has 0 aromatic carbocycles. The number of aromatic nitrogens is 1. The minimum absolute atomic E-state index is 0.395. The van der Waals surface area contributed by atoms with E-state index in [9.17, 15) is 0 Å². The highest BCUT2D eigenvalue weighted by atomic mass is 35.5. The minimum atomic E-state index is 0.395. The third-order valence-corrected chi connectivity index (χ3v) is 4.10. The maximum atomic E-state index is 6.03. The topological polar surface area (TPSA) is 42.1 Å². The maximum Gasteiger partial charge on any atom is 0.128 e. The molecule has 2 rings (SSSR count). The lowest BCUT2D eigenvalue weighted by Gasteiger charge is -2.36. The van der Waals surface area contributed by atoms with Gasteiger partial charge in [0.2, 0.25) is 0 Å². The van der Waals surface area contributed by atoms with Gasteiger partial charge < -0.3 is 10.6 Å². The van der Waals surface area contributed by atoms with Gasteiger partial charge in [0.25, 0.3) is 0 Å². The van der Waals surface area contributed by atoms with E-state index >= 15 is 0 Å². The van der Waals surface area contributed by atoms with E-state index in [4.69, 9.17) is 17.3 Å². The Labute approximate surface area is 108 Å². The summed E-state index contributed by atoms with van der Waals surface area (Å²) < 4.78 is 0. The van der Waals surface area contributed by atoms with Crippen LogP contribution in [0.2, 0.25) is 5.02 Å². The highest BCUT2D eigenvalue weighted by Gasteiger charge is 2.23. The van der Waals surface area contributed by atoms with Crippen molar-refractivity contribution in [2.24, 2.45) is 17.6 Å². The third kappa shape index (κ3) is 2.72. The van der Waals surface area contributed by atoms with Gasteiger partial charge in [0.1, 0.15) is 5.82 Å². The fraction of sp³-hybridized carbons (Fsp3) is 0.615. The molecule has 2 N–H and O–H groups in total. The molecule has 0 saturated carbocycles. The molecule has 0 amide bonds. The van der Waals surface area contributed by atoms with Crippen LogP contribution in [-0.2, 0) is 6.54 Å². The molecule has 1 saturated heterocycles. The molecule has 17 heavy (non-hydrogen) atoms. The molecule has 1 fully saturated rings. The van der Waals surface area contributed by atoms with Gasteiger partial charge in [-0.2, -0.15) is 0 Å². The van der Waals surface area contributed by atoms with Crippen molar-refractivity contribution in [1.29, 1.82) is 0 Å². The minimum Gasteiger partial charge on any atom is -0.356 e. The maximum absolute atomic E-state index is 6.03. The summed E-state index contributed by atoms with van der Waals surface area (Å²) in [6.07, 6.45) is 1.23. The lowest BCUT2D eigenvalue weighted by atomic mass is 9.89. The number of hydrogen-bond donors (Lipinski definition) is 1. The van der Waals surface area contributed by atoms with Crippen LogP contribution in [0.15, 0.2) is 12.1 Å². The second-order valence-electron chi connectivity index (χ2n) is 4.99. The molecule has 0 spiro atoms. The van der Waals surface area contributed by atoms with Gasteiger partial charge in [-0.3, -0.25) is 0 Å². The summed E-state index contributed by atoms with van der Waals surface area (Å²) in [4.78, 5) is 6.88. The standard InChI is InChI=1S/C13H20ClN3/c1-9-5-6-17(8-10(9)2)13-4-3-11(14)12(7-15)16-13/h3-4,9-10H,5-8,15H2,1-2H3. The van der Waals surface area contributed by atoms with Crippen LogP contribution in [0.5, 0.6) is 0 Å². The Morgan fingerprint density at radius 3 is 2.82 bits per heavy atom. The SMILES string of the molecule is CC1CCN(c2ccc(Cl)c(CN)n2)CC1C. The number of nitrogens with two attached hydrogens (primary N) is 1. The quantitative estimate of drug-likeness (QED) is 0.881. The molecule has 0 bridgehead atoms. The van der Waals surface area contributed by atoms with Gasteiger partial charge in [-0.05, 0) is 30.4 Å². The summed E-state index contributed by atoms with van der Waals surface area (Å²) >= 11 is 6.03. The van der Waals surface area contributed by atoms with E-state index in [1.165, 1.54) is 6.42 Å². The normalized spacial score (nSPS) is 25.1. The molecule has 1 aliphatic rings. The van der Waals surface area contributed by atoms with Crippen molar-refractivity contribution in [3.05, 3.63) is 22.8 Å². The van der Waals surface area contributed by atoms with Crippen molar-refractivity contribution in [2.45, 2.75) is 26.8 Å². The number of halogens is 1. The molecule has 1 aromatic rings. The Hall–Kier alpha value is -0.800. The zero-order chi connectivity index (χ0) is 12.4. The van der Waals surface area contributed by atoms with Crippen molar-refractivity contribution < 1.29 is 0 Å². The molecule has 1 aromatic heterocycles. The van der Waals surface area contributed by atoms with Crippen LogP contribution in [0.4, 0.5) is 5.82 Å². The number of piperidine rings is 1. The Kier molecular flexibility index (Phi) is 3.89. The Bertz CT molecular complexity index is 394. The van der Waals surface area contributed by atoms with Crippen LogP contribution in [0.1, 0.15) is 26.0 Å². The molecule has 1 aliphatic heterocycles. The van der Waals surface area contributed by atoms with Crippen molar-refractivity contribution in [3.8, 4) is 0 Å². The summed E-state index contributed by atoms with van der Waals surface area (Å²) in [7, 11) is 0. The summed E-state index contributed by atoms with van der Waals surface area (Å²) in [6, 6.07) is 3.89. The molecule has 94 valence electrons. The lowest BCUT2D eigenvalue weighted by Crippen LogP contribution is -2.39. The van der Waals surface area contributed by atoms with Crippen LogP contribution in [0, 0.1) is 11.8 Å². The number of nitrogens with zero attached hydrogens (tertiary/aromatic N) is 2. The Balaban J connectivity index is 2.17. The molecule has 2 heterocycles. The van der Waals surface area contributed by atoms with Crippen LogP contribution >= 0.6 is 11.6 Å². The van der Waals surface area contributed by atoms with E-state index in [2.05, 4.69) is 23.7 Å². The first-order chi connectivity index (χ1) is 8.11. The first-order valence-corrected chi connectivity index (χ1v) is 6.60. The van der Waals surface area contributed by atoms with Crippen LogP contribution in [0.25, 0.3) is 0 Å². The van der Waals surface area contributed by atoms with Crippen molar-refractivity contribution >= 4 is 17.4 Å². The highest BCUT2D eigenvalue weighted by molar-refractivity contribution is 6.31. The molecular weight excluding hydrogens is 234 g/mol. The Morgan fingerprint density at radius 2 is 2.18 bits per heavy atom. The molecule has 3 nitrogen and oxygen atoms in total. The smallest absolute Gasteiger partial charge is 0.128 e. The van der Waals surface area contributed by atoms with Crippen molar-refractivity contribution in [2.75, 3.05) is 18.0 Å². The molecule has 0 radical (unpaired) electrons. The number of pyridine rings is 1. The van der Waals surface area contributed by atoms with Crippen LogP contribution < -0.4 is 10.6 Å². The predicted octanol–water partition coefficient (Wildman–Crippen LogP) is 2.68. The van der Waals surface area contributed by atoms with Crippen LogP contribution in [0.3, 0.4) is 0 Å². The first kappa shape index (κ1) is 12.7. The average molecular weight is 254 g/mol. The second kappa shape index (κ2) is 5.23. The van der Waals surface area contributed by atoms with E-state index in [1.807, 2.05) is 12.1 Å². The second-order valence-corrected chi connectivity index (χ2v) is 5.40. The zero-order valence-electron chi connectivity index (χ0n) is 10.5. The predicted molar refractivity (Wildman–Crippen MR) is 72.3 cm³/mol. The molecule has 0 aliphatic carbocycles. The number of hydrogen-bond acceptors (Lipinski definition) is 3. The van der Waals surface area contributed by atoms with Gasteiger partial charge in [0.05, 0.1) is 10.7 Å². The van der Waals surface area contributed by atoms with Crippen LogP contribution in [-0.4, -0.2) is 18.1 Å². The first-order valence-electron chi connectivity index (χ1n) is 6.22. The van der Waals surface area contributed by atoms with E-state index in [0.29, 0.717) is 17.5 Å². The van der Waals surface area contributed by atoms with Gasteiger partial charge in [0.15, 0.2) is 0 Å². The zero-order valence-corrected chi connectivity index (χ0v) is 11.2. The van der Waals surface area contributed by atoms with Gasteiger partial charge >= 0.3 is 0 Å². The van der Waals surface area contributed by atoms with Gasteiger partial charge in [0, 0.05) is 19.6 Å². The fourth-order valence-electron chi connectivity index (χ4n) is 2.26. The van der Waals surface area contributed by atoms with E-state index in [0.717, 1.165) is 30.5 Å². The third-order valence-electron chi connectivity index (χ3n) is 3.76. The molecular formula is C13H20ClN3. The van der Waals surface area contributed by atoms with E-state index in [-0.39, 0.29) is 0 Å². The van der Waals surface area contributed by atoms with Gasteiger partial charge in [-0.1, -0.05) is 25.4 Å². The van der Waals surface area contributed by atoms with Crippen molar-refractivity contribution in [3.63, 3.8) is 0 Å². The summed E-state index contributed by atoms with van der Waals surface area (Å²) in [6.45, 7) is 7.16. The number of rotatable bonds is 2. The van der Waals surface area contributed by atoms with Crippen molar-refractivity contribution in [1.82, 2.24) is 4.98 Å². The van der Waals surface area contributed by atoms with E-state index < -0.39 is 0 Å². The molecule has 2 atom stereocenters. The largest absolute Gasteiger partial charge is 0.356 e. The van der Waals surface area contributed by atoms with Gasteiger partial charge in [-0.15, -0.1) is 0 Å². The summed E-state index contributed by atoms with van der Waals surface area (Å²) in [5, 5.41) is 0.662. The van der Waals surface area contributed by atoms with E-state index in [1.54, 1.807) is 0 Å². The Morgan fingerprint density at radius 1 is 1.41 bits per heavy atom. The average Bonchev–Trinajstić information content (AvgIpc) is 2.33. The van der Waals surface area contributed by atoms with Gasteiger partial charge in [-0.25, -0.2) is 4.98 Å². The number of anilines is 1. The molecule has 2 unspecified atom stereocenters. The highest BCUT2D eigenvalue weighted by Crippen LogP contribution is 2.27. The summed E-state index contributed by atoms with van der Waals surface area (Å²) in [5.41, 5.74) is 6.42. The lowest BCUT2D eigenvalue weighted by molar-refractivity contribution is 0.322. The summed E-state index contributed by atoms with van der Waals surface area (Å²) in [5.74, 6) is 2.52.